The second-order valence-corrected chi connectivity index (χ2v) is 7.44. The molecular formula is C16H21N3O3S. The lowest BCUT2D eigenvalue weighted by atomic mass is 10.1. The molecule has 124 valence electrons. The van der Waals surface area contributed by atoms with Crippen LogP contribution in [0.4, 0.5) is 5.69 Å². The van der Waals surface area contributed by atoms with E-state index in [4.69, 9.17) is 0 Å². The summed E-state index contributed by atoms with van der Waals surface area (Å²) in [6.45, 7) is 6.57. The fourth-order valence-electron chi connectivity index (χ4n) is 2.15. The van der Waals surface area contributed by atoms with E-state index in [1.54, 1.807) is 29.9 Å². The van der Waals surface area contributed by atoms with Crippen molar-refractivity contribution >= 4 is 21.5 Å². The highest BCUT2D eigenvalue weighted by molar-refractivity contribution is 7.92. The minimum Gasteiger partial charge on any atom is -0.294 e. The monoisotopic (exact) mass is 335 g/mol. The molecule has 2 aromatic rings. The van der Waals surface area contributed by atoms with Crippen molar-refractivity contribution in [3.05, 3.63) is 42.2 Å². The lowest BCUT2D eigenvalue weighted by molar-refractivity contribution is 0.0988. The van der Waals surface area contributed by atoms with Crippen LogP contribution in [0.5, 0.6) is 0 Å². The Morgan fingerprint density at radius 3 is 2.74 bits per heavy atom. The Balaban J connectivity index is 2.22. The number of sulfonamides is 1. The van der Waals surface area contributed by atoms with Crippen LogP contribution in [0.1, 0.15) is 37.6 Å². The summed E-state index contributed by atoms with van der Waals surface area (Å²) in [5.41, 5.74) is 0.795. The summed E-state index contributed by atoms with van der Waals surface area (Å²) in [4.78, 5) is 11.8. The van der Waals surface area contributed by atoms with Crippen molar-refractivity contribution in [2.75, 3.05) is 4.72 Å². The van der Waals surface area contributed by atoms with Crippen LogP contribution in [0.2, 0.25) is 0 Å². The predicted octanol–water partition coefficient (Wildman–Crippen LogP) is 2.93. The van der Waals surface area contributed by atoms with Crippen molar-refractivity contribution in [2.24, 2.45) is 5.92 Å². The van der Waals surface area contributed by atoms with Crippen molar-refractivity contribution < 1.29 is 13.2 Å². The van der Waals surface area contributed by atoms with Gasteiger partial charge in [-0.25, -0.2) is 8.42 Å². The van der Waals surface area contributed by atoms with E-state index in [1.165, 1.54) is 18.3 Å². The highest BCUT2D eigenvalue weighted by atomic mass is 32.2. The molecule has 6 nitrogen and oxygen atoms in total. The zero-order valence-corrected chi connectivity index (χ0v) is 14.3. The van der Waals surface area contributed by atoms with E-state index in [0.29, 0.717) is 30.1 Å². The molecule has 0 unspecified atom stereocenters. The lowest BCUT2D eigenvalue weighted by Crippen LogP contribution is -2.13. The van der Waals surface area contributed by atoms with Crippen LogP contribution < -0.4 is 4.72 Å². The quantitative estimate of drug-likeness (QED) is 0.789. The van der Waals surface area contributed by atoms with Crippen LogP contribution in [0.25, 0.3) is 0 Å². The standard InChI is InChI=1S/C16H21N3O3S/c1-4-16(20)13-6-5-7-15(8-13)23(21,22)18-14-9-17-19(11-14)10-12(2)3/h5-9,11-12,18H,4,10H2,1-3H3. The van der Waals surface area contributed by atoms with Gasteiger partial charge in [0.2, 0.25) is 0 Å². The van der Waals surface area contributed by atoms with E-state index in [1.807, 2.05) is 0 Å². The minimum atomic E-state index is -3.75. The van der Waals surface area contributed by atoms with Gasteiger partial charge in [-0.3, -0.25) is 14.2 Å². The predicted molar refractivity (Wildman–Crippen MR) is 88.9 cm³/mol. The summed E-state index contributed by atoms with van der Waals surface area (Å²) in [5.74, 6) is 0.322. The molecule has 0 amide bonds. The van der Waals surface area contributed by atoms with Crippen molar-refractivity contribution in [1.82, 2.24) is 9.78 Å². The van der Waals surface area contributed by atoms with Crippen molar-refractivity contribution in [1.29, 1.82) is 0 Å². The van der Waals surface area contributed by atoms with Crippen LogP contribution in [0.3, 0.4) is 0 Å². The van der Waals surface area contributed by atoms with Crippen molar-refractivity contribution in [2.45, 2.75) is 38.6 Å². The molecule has 0 spiro atoms. The number of carbonyl (C=O) groups is 1. The van der Waals surface area contributed by atoms with E-state index >= 15 is 0 Å². The van der Waals surface area contributed by atoms with Gasteiger partial charge in [-0.05, 0) is 18.1 Å². The Labute approximate surface area is 136 Å². The van der Waals surface area contributed by atoms with Crippen molar-refractivity contribution in [3.8, 4) is 0 Å². The Morgan fingerprint density at radius 2 is 2.09 bits per heavy atom. The zero-order valence-electron chi connectivity index (χ0n) is 13.5. The average Bonchev–Trinajstić information content (AvgIpc) is 2.92. The number of Topliss-reactive ketones (excluding diaryl/α,β-unsaturated/α-hetero) is 1. The average molecular weight is 335 g/mol. The first-order valence-corrected chi connectivity index (χ1v) is 8.98. The summed E-state index contributed by atoms with van der Waals surface area (Å²) in [5, 5.41) is 4.13. The number of nitrogens with one attached hydrogen (secondary N) is 1. The number of aromatic nitrogens is 2. The smallest absolute Gasteiger partial charge is 0.262 e. The van der Waals surface area contributed by atoms with Gasteiger partial charge >= 0.3 is 0 Å². The fraction of sp³-hybridized carbons (Fsp3) is 0.375. The molecule has 7 heteroatoms. The molecule has 0 fully saturated rings. The summed E-state index contributed by atoms with van der Waals surface area (Å²) < 4.78 is 29.1. The summed E-state index contributed by atoms with van der Waals surface area (Å²) in [6.07, 6.45) is 3.46. The molecule has 0 saturated heterocycles. The molecule has 1 aromatic carbocycles. The number of hydrogen-bond acceptors (Lipinski definition) is 4. The molecule has 0 saturated carbocycles. The topological polar surface area (TPSA) is 81.1 Å². The Kier molecular flexibility index (Phi) is 5.20. The molecule has 0 aliphatic heterocycles. The summed E-state index contributed by atoms with van der Waals surface area (Å²) >= 11 is 0. The zero-order chi connectivity index (χ0) is 17.0. The third-order valence-electron chi connectivity index (χ3n) is 3.23. The Bertz CT molecular complexity index is 794. The molecule has 23 heavy (non-hydrogen) atoms. The van der Waals surface area contributed by atoms with Crippen LogP contribution >= 0.6 is 0 Å². The first kappa shape index (κ1) is 17.2. The molecule has 1 heterocycles. The first-order valence-electron chi connectivity index (χ1n) is 7.50. The van der Waals surface area contributed by atoms with Gasteiger partial charge in [0.1, 0.15) is 0 Å². The maximum atomic E-state index is 12.4. The van der Waals surface area contributed by atoms with E-state index in [0.717, 1.165) is 0 Å². The molecule has 1 N–H and O–H groups in total. The van der Waals surface area contributed by atoms with Crippen LogP contribution in [-0.2, 0) is 16.6 Å². The van der Waals surface area contributed by atoms with Crippen LogP contribution in [0.15, 0.2) is 41.6 Å². The first-order chi connectivity index (χ1) is 10.8. The molecule has 1 aromatic heterocycles. The molecule has 0 radical (unpaired) electrons. The second kappa shape index (κ2) is 6.95. The molecule has 0 bridgehead atoms. The highest BCUT2D eigenvalue weighted by Crippen LogP contribution is 2.17. The van der Waals surface area contributed by atoms with Gasteiger partial charge < -0.3 is 0 Å². The Hall–Kier alpha value is -2.15. The summed E-state index contributed by atoms with van der Waals surface area (Å²) in [7, 11) is -3.75. The van der Waals surface area contributed by atoms with Crippen LogP contribution in [-0.4, -0.2) is 24.0 Å². The van der Waals surface area contributed by atoms with Gasteiger partial charge in [0, 0.05) is 24.7 Å². The molecule has 0 aliphatic rings. The highest BCUT2D eigenvalue weighted by Gasteiger charge is 2.17. The van der Waals surface area contributed by atoms with Gasteiger partial charge in [-0.15, -0.1) is 0 Å². The lowest BCUT2D eigenvalue weighted by Gasteiger charge is -2.07. The number of anilines is 1. The van der Waals surface area contributed by atoms with Gasteiger partial charge in [0.05, 0.1) is 16.8 Å². The van der Waals surface area contributed by atoms with Gasteiger partial charge in [-0.2, -0.15) is 5.10 Å². The SMILES string of the molecule is CCC(=O)c1cccc(S(=O)(=O)Nc2cnn(CC(C)C)c2)c1. The number of rotatable bonds is 7. The number of benzene rings is 1. The number of hydrogen-bond donors (Lipinski definition) is 1. The third-order valence-corrected chi connectivity index (χ3v) is 4.60. The van der Waals surface area contributed by atoms with Gasteiger partial charge in [-0.1, -0.05) is 32.9 Å². The number of ketones is 1. The Morgan fingerprint density at radius 1 is 1.35 bits per heavy atom. The van der Waals surface area contributed by atoms with E-state index in [9.17, 15) is 13.2 Å². The largest absolute Gasteiger partial charge is 0.294 e. The maximum absolute atomic E-state index is 12.4. The molecular weight excluding hydrogens is 314 g/mol. The second-order valence-electron chi connectivity index (χ2n) is 5.75. The number of carbonyl (C=O) groups excluding carboxylic acids is 1. The maximum Gasteiger partial charge on any atom is 0.262 e. The molecule has 0 atom stereocenters. The molecule has 2 rings (SSSR count). The normalized spacial score (nSPS) is 11.7. The van der Waals surface area contributed by atoms with Gasteiger partial charge in [0.25, 0.3) is 10.0 Å². The number of nitrogens with zero attached hydrogens (tertiary/aromatic N) is 2. The minimum absolute atomic E-state index is 0.0633. The molecule has 0 aliphatic carbocycles. The van der Waals surface area contributed by atoms with Crippen molar-refractivity contribution in [3.63, 3.8) is 0 Å². The van der Waals surface area contributed by atoms with E-state index in [2.05, 4.69) is 23.7 Å². The van der Waals surface area contributed by atoms with Gasteiger partial charge in [0.15, 0.2) is 5.78 Å². The summed E-state index contributed by atoms with van der Waals surface area (Å²) in [6, 6.07) is 6.05. The van der Waals surface area contributed by atoms with E-state index < -0.39 is 10.0 Å². The van der Waals surface area contributed by atoms with E-state index in [-0.39, 0.29) is 10.7 Å². The fourth-order valence-corrected chi connectivity index (χ4v) is 3.22. The van der Waals surface area contributed by atoms with Crippen LogP contribution in [0, 0.1) is 5.92 Å². The third kappa shape index (κ3) is 4.41.